The van der Waals surface area contributed by atoms with Crippen LogP contribution in [0.1, 0.15) is 29.7 Å². The van der Waals surface area contributed by atoms with E-state index in [2.05, 4.69) is 9.88 Å². The standard InChI is InChI=1S/C17H27N3O4S/c1-12-8-18-15(13(2)16(12)21)11-19-6-4-17(22)5-7-20(25(3,23)24)10-14(17)9-19/h8,14,22H,4-7,9-11H2,1-3H3,(H,18,21)/t14-,17-/m1/s1. The summed E-state index contributed by atoms with van der Waals surface area (Å²) < 4.78 is 25.2. The van der Waals surface area contributed by atoms with Gasteiger partial charge in [0.2, 0.25) is 10.0 Å². The zero-order valence-corrected chi connectivity index (χ0v) is 15.9. The van der Waals surface area contributed by atoms with Crippen LogP contribution in [0.15, 0.2) is 11.0 Å². The number of fused-ring (bicyclic) bond motifs is 1. The third kappa shape index (κ3) is 3.67. The number of aromatic nitrogens is 1. The Morgan fingerprint density at radius 3 is 2.64 bits per heavy atom. The number of sulfonamides is 1. The summed E-state index contributed by atoms with van der Waals surface area (Å²) in [7, 11) is -3.24. The normalized spacial score (nSPS) is 28.7. The summed E-state index contributed by atoms with van der Waals surface area (Å²) in [5.74, 6) is -0.109. The van der Waals surface area contributed by atoms with Crippen molar-refractivity contribution in [3.63, 3.8) is 0 Å². The summed E-state index contributed by atoms with van der Waals surface area (Å²) in [5.41, 5.74) is 1.58. The molecule has 0 spiro atoms. The first-order valence-corrected chi connectivity index (χ1v) is 10.5. The maximum absolute atomic E-state index is 12.1. The number of pyridine rings is 1. The Kier molecular flexibility index (Phi) is 4.83. The highest BCUT2D eigenvalue weighted by molar-refractivity contribution is 7.88. The molecule has 2 atom stereocenters. The molecule has 140 valence electrons. The van der Waals surface area contributed by atoms with Crippen LogP contribution in [0.2, 0.25) is 0 Å². The summed E-state index contributed by atoms with van der Waals surface area (Å²) >= 11 is 0. The fourth-order valence-corrected chi connectivity index (χ4v) is 4.85. The Bertz CT molecular complexity index is 820. The van der Waals surface area contributed by atoms with E-state index in [1.807, 2.05) is 6.92 Å². The molecule has 7 nitrogen and oxygen atoms in total. The number of aryl methyl sites for hydroxylation is 1. The summed E-state index contributed by atoms with van der Waals surface area (Å²) in [6.07, 6.45) is 4.07. The molecule has 1 aromatic rings. The number of nitrogens with zero attached hydrogens (tertiary/aromatic N) is 2. The highest BCUT2D eigenvalue weighted by atomic mass is 32.2. The Hall–Kier alpha value is -1.22. The Morgan fingerprint density at radius 2 is 1.96 bits per heavy atom. The van der Waals surface area contributed by atoms with Crippen LogP contribution in [0.4, 0.5) is 0 Å². The van der Waals surface area contributed by atoms with E-state index < -0.39 is 15.6 Å². The van der Waals surface area contributed by atoms with Crippen molar-refractivity contribution in [2.24, 2.45) is 5.92 Å². The van der Waals surface area contributed by atoms with E-state index in [9.17, 15) is 18.3 Å². The van der Waals surface area contributed by atoms with Crippen LogP contribution in [0, 0.1) is 19.8 Å². The van der Waals surface area contributed by atoms with Gasteiger partial charge in [-0.25, -0.2) is 12.7 Å². The van der Waals surface area contributed by atoms with Gasteiger partial charge in [-0.1, -0.05) is 0 Å². The number of hydrogen-bond donors (Lipinski definition) is 2. The number of rotatable bonds is 3. The predicted molar refractivity (Wildman–Crippen MR) is 95.9 cm³/mol. The lowest BCUT2D eigenvalue weighted by Crippen LogP contribution is -2.60. The van der Waals surface area contributed by atoms with Gasteiger partial charge < -0.3 is 10.1 Å². The van der Waals surface area contributed by atoms with E-state index in [1.165, 1.54) is 10.6 Å². The van der Waals surface area contributed by atoms with Gasteiger partial charge in [-0.15, -0.1) is 0 Å². The minimum atomic E-state index is -3.24. The second-order valence-corrected chi connectivity index (χ2v) is 9.54. The molecule has 8 heteroatoms. The van der Waals surface area contributed by atoms with Gasteiger partial charge in [0.15, 0.2) is 5.43 Å². The van der Waals surface area contributed by atoms with E-state index in [1.54, 1.807) is 13.1 Å². The number of nitrogens with one attached hydrogen (secondary N) is 1. The third-order valence-electron chi connectivity index (χ3n) is 5.78. The number of hydrogen-bond acceptors (Lipinski definition) is 5. The van der Waals surface area contributed by atoms with Crippen molar-refractivity contribution in [2.75, 3.05) is 32.4 Å². The average molecular weight is 369 g/mol. The van der Waals surface area contributed by atoms with Gasteiger partial charge >= 0.3 is 0 Å². The van der Waals surface area contributed by atoms with Gasteiger partial charge in [0, 0.05) is 61.7 Å². The van der Waals surface area contributed by atoms with Crippen LogP contribution >= 0.6 is 0 Å². The zero-order chi connectivity index (χ0) is 18.4. The molecule has 2 fully saturated rings. The lowest BCUT2D eigenvalue weighted by molar-refractivity contribution is -0.103. The van der Waals surface area contributed by atoms with Crippen molar-refractivity contribution >= 4 is 10.0 Å². The molecule has 0 bridgehead atoms. The molecule has 0 saturated carbocycles. The molecule has 3 rings (SSSR count). The van der Waals surface area contributed by atoms with Gasteiger partial charge in [0.05, 0.1) is 11.9 Å². The third-order valence-corrected chi connectivity index (χ3v) is 7.05. The maximum Gasteiger partial charge on any atom is 0.211 e. The Labute approximate surface area is 148 Å². The summed E-state index contributed by atoms with van der Waals surface area (Å²) in [4.78, 5) is 17.5. The number of aromatic amines is 1. The van der Waals surface area contributed by atoms with Crippen LogP contribution < -0.4 is 5.43 Å². The first-order valence-electron chi connectivity index (χ1n) is 8.68. The molecule has 0 aliphatic carbocycles. The summed E-state index contributed by atoms with van der Waals surface area (Å²) in [5, 5.41) is 10.9. The van der Waals surface area contributed by atoms with E-state index in [4.69, 9.17) is 0 Å². The molecular formula is C17H27N3O4S. The monoisotopic (exact) mass is 369 g/mol. The topological polar surface area (TPSA) is 93.7 Å². The van der Waals surface area contributed by atoms with Gasteiger partial charge in [-0.2, -0.15) is 0 Å². The molecule has 0 radical (unpaired) electrons. The smallest absolute Gasteiger partial charge is 0.211 e. The number of aliphatic hydroxyl groups is 1. The number of likely N-dealkylation sites (tertiary alicyclic amines) is 1. The average Bonchev–Trinajstić information content (AvgIpc) is 2.54. The van der Waals surface area contributed by atoms with E-state index in [-0.39, 0.29) is 11.3 Å². The lowest BCUT2D eigenvalue weighted by Gasteiger charge is -2.49. The fraction of sp³-hybridized carbons (Fsp3) is 0.706. The van der Waals surface area contributed by atoms with Crippen molar-refractivity contribution in [2.45, 2.75) is 38.8 Å². The van der Waals surface area contributed by atoms with Crippen LogP contribution in [0.5, 0.6) is 0 Å². The predicted octanol–water partition coefficient (Wildman–Crippen LogP) is 0.210. The molecule has 2 aliphatic rings. The molecule has 3 heterocycles. The minimum Gasteiger partial charge on any atom is -0.389 e. The van der Waals surface area contributed by atoms with E-state index in [0.717, 1.165) is 17.8 Å². The number of piperidine rings is 2. The van der Waals surface area contributed by atoms with Crippen LogP contribution in [-0.4, -0.2) is 65.7 Å². The second kappa shape index (κ2) is 6.50. The maximum atomic E-state index is 12.1. The van der Waals surface area contributed by atoms with Crippen LogP contribution in [0.25, 0.3) is 0 Å². The second-order valence-electron chi connectivity index (χ2n) is 7.56. The van der Waals surface area contributed by atoms with E-state index in [0.29, 0.717) is 44.6 Å². The molecule has 0 amide bonds. The Balaban J connectivity index is 1.75. The van der Waals surface area contributed by atoms with Crippen molar-refractivity contribution < 1.29 is 13.5 Å². The fourth-order valence-electron chi connectivity index (χ4n) is 3.98. The SMILES string of the molecule is Cc1c[nH]c(CN2CC[C@@]3(O)CCN(S(C)(=O)=O)C[C@H]3C2)c(C)c1=O. The van der Waals surface area contributed by atoms with Gasteiger partial charge in [-0.05, 0) is 26.7 Å². The van der Waals surface area contributed by atoms with Crippen molar-refractivity contribution in [3.05, 3.63) is 33.2 Å². The van der Waals surface area contributed by atoms with Crippen LogP contribution in [0.3, 0.4) is 0 Å². The highest BCUT2D eigenvalue weighted by Crippen LogP contribution is 2.36. The first-order chi connectivity index (χ1) is 11.6. The Morgan fingerprint density at radius 1 is 1.28 bits per heavy atom. The molecule has 2 aliphatic heterocycles. The van der Waals surface area contributed by atoms with E-state index >= 15 is 0 Å². The summed E-state index contributed by atoms with van der Waals surface area (Å²) in [6, 6.07) is 0. The first kappa shape index (κ1) is 18.6. The zero-order valence-electron chi connectivity index (χ0n) is 15.1. The molecule has 1 aromatic heterocycles. The molecule has 2 saturated heterocycles. The van der Waals surface area contributed by atoms with Crippen molar-refractivity contribution in [1.29, 1.82) is 0 Å². The lowest BCUT2D eigenvalue weighted by atomic mass is 9.76. The van der Waals surface area contributed by atoms with Crippen molar-refractivity contribution in [3.8, 4) is 0 Å². The molecule has 2 N–H and O–H groups in total. The summed E-state index contributed by atoms with van der Waals surface area (Å²) in [6.45, 7) is 6.32. The number of H-pyrrole nitrogens is 1. The molecule has 25 heavy (non-hydrogen) atoms. The van der Waals surface area contributed by atoms with Gasteiger partial charge in [0.1, 0.15) is 0 Å². The highest BCUT2D eigenvalue weighted by Gasteiger charge is 2.46. The molecular weight excluding hydrogens is 342 g/mol. The van der Waals surface area contributed by atoms with Gasteiger partial charge in [0.25, 0.3) is 0 Å². The quantitative estimate of drug-likeness (QED) is 0.794. The van der Waals surface area contributed by atoms with Gasteiger partial charge in [-0.3, -0.25) is 9.69 Å². The van der Waals surface area contributed by atoms with Crippen LogP contribution in [-0.2, 0) is 16.6 Å². The minimum absolute atomic E-state index is 0.0585. The van der Waals surface area contributed by atoms with Crippen molar-refractivity contribution in [1.82, 2.24) is 14.2 Å². The molecule has 0 unspecified atom stereocenters. The largest absolute Gasteiger partial charge is 0.389 e. The molecule has 0 aromatic carbocycles.